The van der Waals surface area contributed by atoms with Crippen LogP contribution in [-0.4, -0.2) is 18.0 Å². The Morgan fingerprint density at radius 1 is 1.50 bits per heavy atom. The van der Waals surface area contributed by atoms with Crippen molar-refractivity contribution in [3.05, 3.63) is 32.9 Å². The van der Waals surface area contributed by atoms with Crippen molar-refractivity contribution in [1.82, 2.24) is 5.32 Å². The van der Waals surface area contributed by atoms with E-state index in [1.807, 2.05) is 39.0 Å². The molecule has 1 aromatic carbocycles. The summed E-state index contributed by atoms with van der Waals surface area (Å²) in [5, 5.41) is 2.84. The molecule has 0 unspecified atom stereocenters. The molecule has 88 valence electrons. The van der Waals surface area contributed by atoms with Crippen LogP contribution in [0.1, 0.15) is 29.8 Å². The lowest BCUT2D eigenvalue weighted by molar-refractivity contribution is 0.0945. The highest BCUT2D eigenvalue weighted by Gasteiger charge is 2.15. The van der Waals surface area contributed by atoms with Crippen molar-refractivity contribution in [2.24, 2.45) is 5.73 Å². The van der Waals surface area contributed by atoms with Crippen LogP contribution in [-0.2, 0) is 0 Å². The van der Waals surface area contributed by atoms with Gasteiger partial charge in [-0.25, -0.2) is 0 Å². The maximum atomic E-state index is 11.9. The number of carbonyl (C=O) groups is 1. The molecule has 0 saturated carbocycles. The largest absolute Gasteiger partial charge is 0.350 e. The van der Waals surface area contributed by atoms with E-state index in [-0.39, 0.29) is 11.4 Å². The number of amides is 1. The molecule has 0 aromatic heterocycles. The van der Waals surface area contributed by atoms with Crippen LogP contribution in [0.15, 0.2) is 18.2 Å². The first-order valence-electron chi connectivity index (χ1n) is 5.13. The smallest absolute Gasteiger partial charge is 0.251 e. The van der Waals surface area contributed by atoms with Crippen molar-refractivity contribution in [2.45, 2.75) is 26.3 Å². The minimum Gasteiger partial charge on any atom is -0.350 e. The summed E-state index contributed by atoms with van der Waals surface area (Å²) < 4.78 is 1.09. The molecule has 0 bridgehead atoms. The summed E-state index contributed by atoms with van der Waals surface area (Å²) in [4.78, 5) is 11.9. The first-order chi connectivity index (χ1) is 7.31. The molecule has 3 nitrogen and oxygen atoms in total. The molecular formula is C12H17IN2O. The van der Waals surface area contributed by atoms with E-state index in [0.717, 1.165) is 14.7 Å². The Kier molecular flexibility index (Phi) is 4.32. The van der Waals surface area contributed by atoms with Gasteiger partial charge in [-0.1, -0.05) is 6.07 Å². The molecule has 0 aliphatic carbocycles. The third-order valence-electron chi connectivity index (χ3n) is 2.22. The number of rotatable bonds is 3. The van der Waals surface area contributed by atoms with Gasteiger partial charge >= 0.3 is 0 Å². The summed E-state index contributed by atoms with van der Waals surface area (Å²) in [6.07, 6.45) is 0. The molecule has 0 spiro atoms. The molecule has 16 heavy (non-hydrogen) atoms. The van der Waals surface area contributed by atoms with E-state index >= 15 is 0 Å². The Hall–Kier alpha value is -0.620. The Bertz CT molecular complexity index is 396. The fourth-order valence-electron chi connectivity index (χ4n) is 1.26. The monoisotopic (exact) mass is 332 g/mol. The number of hydrogen-bond donors (Lipinski definition) is 2. The number of nitrogens with one attached hydrogen (secondary N) is 1. The van der Waals surface area contributed by atoms with Crippen molar-refractivity contribution in [3.8, 4) is 0 Å². The summed E-state index contributed by atoms with van der Waals surface area (Å²) in [7, 11) is 0. The van der Waals surface area contributed by atoms with Gasteiger partial charge in [0.2, 0.25) is 0 Å². The molecule has 0 saturated heterocycles. The maximum Gasteiger partial charge on any atom is 0.251 e. The number of nitrogens with two attached hydrogens (primary N) is 1. The van der Waals surface area contributed by atoms with E-state index < -0.39 is 0 Å². The molecular weight excluding hydrogens is 315 g/mol. The van der Waals surface area contributed by atoms with Crippen LogP contribution >= 0.6 is 22.6 Å². The highest BCUT2D eigenvalue weighted by molar-refractivity contribution is 14.1. The topological polar surface area (TPSA) is 55.1 Å². The standard InChI is InChI=1S/C12H17IN2O/c1-8-9(5-4-6-10(8)13)11(16)15-7-12(2,3)14/h4-6H,7,14H2,1-3H3,(H,15,16). The van der Waals surface area contributed by atoms with Gasteiger partial charge in [0.25, 0.3) is 5.91 Å². The van der Waals surface area contributed by atoms with Crippen molar-refractivity contribution in [2.75, 3.05) is 6.54 Å². The first-order valence-corrected chi connectivity index (χ1v) is 6.21. The van der Waals surface area contributed by atoms with E-state index in [0.29, 0.717) is 6.54 Å². The van der Waals surface area contributed by atoms with Crippen LogP contribution in [0.3, 0.4) is 0 Å². The van der Waals surface area contributed by atoms with Crippen molar-refractivity contribution in [1.29, 1.82) is 0 Å². The van der Waals surface area contributed by atoms with Gasteiger partial charge in [0.1, 0.15) is 0 Å². The SMILES string of the molecule is Cc1c(I)cccc1C(=O)NCC(C)(C)N. The summed E-state index contributed by atoms with van der Waals surface area (Å²) >= 11 is 2.22. The molecule has 0 aliphatic heterocycles. The summed E-state index contributed by atoms with van der Waals surface area (Å²) in [5.74, 6) is -0.0606. The fourth-order valence-corrected chi connectivity index (χ4v) is 1.75. The predicted molar refractivity (Wildman–Crippen MR) is 74.5 cm³/mol. The van der Waals surface area contributed by atoms with Crippen molar-refractivity contribution >= 4 is 28.5 Å². The van der Waals surface area contributed by atoms with Crippen LogP contribution in [0.5, 0.6) is 0 Å². The molecule has 0 radical (unpaired) electrons. The lowest BCUT2D eigenvalue weighted by atomic mass is 10.1. The van der Waals surface area contributed by atoms with Gasteiger partial charge in [-0.05, 0) is 61.1 Å². The molecule has 0 heterocycles. The molecule has 0 fully saturated rings. The molecule has 0 aliphatic rings. The average molecular weight is 332 g/mol. The molecule has 0 atom stereocenters. The average Bonchev–Trinajstić information content (AvgIpc) is 2.17. The maximum absolute atomic E-state index is 11.9. The van der Waals surface area contributed by atoms with Crippen molar-refractivity contribution in [3.63, 3.8) is 0 Å². The zero-order valence-electron chi connectivity index (χ0n) is 9.80. The second-order valence-corrected chi connectivity index (χ2v) is 5.75. The second kappa shape index (κ2) is 5.14. The lowest BCUT2D eigenvalue weighted by Crippen LogP contribution is -2.45. The quantitative estimate of drug-likeness (QED) is 0.833. The lowest BCUT2D eigenvalue weighted by Gasteiger charge is -2.19. The summed E-state index contributed by atoms with van der Waals surface area (Å²) in [5.41, 5.74) is 7.16. The third kappa shape index (κ3) is 3.75. The number of halogens is 1. The number of carbonyl (C=O) groups excluding carboxylic acids is 1. The van der Waals surface area contributed by atoms with Crippen LogP contribution in [0.2, 0.25) is 0 Å². The van der Waals surface area contributed by atoms with Gasteiger partial charge in [-0.2, -0.15) is 0 Å². The zero-order valence-corrected chi connectivity index (χ0v) is 12.0. The summed E-state index contributed by atoms with van der Waals surface area (Å²) in [6, 6.07) is 5.70. The van der Waals surface area contributed by atoms with Crippen LogP contribution in [0, 0.1) is 10.5 Å². The van der Waals surface area contributed by atoms with Gasteiger partial charge in [0.05, 0.1) is 0 Å². The van der Waals surface area contributed by atoms with Crippen molar-refractivity contribution < 1.29 is 4.79 Å². The molecule has 3 N–H and O–H groups in total. The zero-order chi connectivity index (χ0) is 12.3. The molecule has 1 rings (SSSR count). The summed E-state index contributed by atoms with van der Waals surface area (Å²) in [6.45, 7) is 6.19. The highest BCUT2D eigenvalue weighted by atomic mass is 127. The molecule has 1 amide bonds. The minimum atomic E-state index is -0.383. The predicted octanol–water partition coefficient (Wildman–Crippen LogP) is 2.07. The first kappa shape index (κ1) is 13.4. The highest BCUT2D eigenvalue weighted by Crippen LogP contribution is 2.15. The van der Waals surface area contributed by atoms with Gasteiger partial charge in [0.15, 0.2) is 0 Å². The molecule has 4 heteroatoms. The number of hydrogen-bond acceptors (Lipinski definition) is 2. The van der Waals surface area contributed by atoms with Gasteiger partial charge in [0, 0.05) is 21.2 Å². The fraction of sp³-hybridized carbons (Fsp3) is 0.417. The minimum absolute atomic E-state index is 0.0606. The van der Waals surface area contributed by atoms with E-state index in [2.05, 4.69) is 27.9 Å². The second-order valence-electron chi connectivity index (χ2n) is 4.58. The van der Waals surface area contributed by atoms with Crippen LogP contribution in [0.4, 0.5) is 0 Å². The van der Waals surface area contributed by atoms with Gasteiger partial charge in [-0.15, -0.1) is 0 Å². The van der Waals surface area contributed by atoms with Crippen LogP contribution in [0.25, 0.3) is 0 Å². The Labute approximate surface area is 110 Å². The van der Waals surface area contributed by atoms with E-state index in [1.54, 1.807) is 0 Å². The molecule has 1 aromatic rings. The van der Waals surface area contributed by atoms with E-state index in [9.17, 15) is 4.79 Å². The Morgan fingerprint density at radius 2 is 2.12 bits per heavy atom. The van der Waals surface area contributed by atoms with Crippen LogP contribution < -0.4 is 11.1 Å². The third-order valence-corrected chi connectivity index (χ3v) is 3.39. The van der Waals surface area contributed by atoms with Gasteiger partial charge in [-0.3, -0.25) is 4.79 Å². The van der Waals surface area contributed by atoms with E-state index in [1.165, 1.54) is 0 Å². The van der Waals surface area contributed by atoms with Gasteiger partial charge < -0.3 is 11.1 Å². The Balaban J connectivity index is 2.78. The Morgan fingerprint density at radius 3 is 2.69 bits per heavy atom. The number of benzene rings is 1. The van der Waals surface area contributed by atoms with E-state index in [4.69, 9.17) is 5.73 Å². The normalized spacial score (nSPS) is 11.3.